The van der Waals surface area contributed by atoms with Crippen molar-refractivity contribution < 1.29 is 22.7 Å². The third kappa shape index (κ3) is 6.86. The number of nitrogens with zero attached hydrogens (tertiary/aromatic N) is 1. The SMILES string of the molecule is CC[C@H](Sc1ccc(Cl)cc1)C(=O)NCCOc1ccc(S(=O)(=O)N2CCOCC2)cc1. The van der Waals surface area contributed by atoms with E-state index in [0.717, 1.165) is 4.90 Å². The first-order valence-corrected chi connectivity index (χ1v) is 13.1. The number of benzene rings is 2. The van der Waals surface area contributed by atoms with Crippen molar-refractivity contribution in [3.63, 3.8) is 0 Å². The molecule has 32 heavy (non-hydrogen) atoms. The average molecular weight is 499 g/mol. The Morgan fingerprint density at radius 1 is 1.16 bits per heavy atom. The maximum Gasteiger partial charge on any atom is 0.243 e. The minimum atomic E-state index is -3.52. The van der Waals surface area contributed by atoms with E-state index in [1.807, 2.05) is 19.1 Å². The Bertz CT molecular complexity index is 978. The maximum absolute atomic E-state index is 12.6. The lowest BCUT2D eigenvalue weighted by molar-refractivity contribution is -0.120. The number of rotatable bonds is 10. The minimum absolute atomic E-state index is 0.0528. The fourth-order valence-corrected chi connectivity index (χ4v) is 5.61. The van der Waals surface area contributed by atoms with Gasteiger partial charge in [0.2, 0.25) is 15.9 Å². The molecule has 174 valence electrons. The summed E-state index contributed by atoms with van der Waals surface area (Å²) in [5, 5.41) is 3.34. The summed E-state index contributed by atoms with van der Waals surface area (Å²) in [5.74, 6) is 0.491. The van der Waals surface area contributed by atoms with Gasteiger partial charge in [-0.05, 0) is 55.0 Å². The fourth-order valence-electron chi connectivity index (χ4n) is 3.10. The Balaban J connectivity index is 1.44. The quantitative estimate of drug-likeness (QED) is 0.399. The summed E-state index contributed by atoms with van der Waals surface area (Å²) in [6.07, 6.45) is 0.694. The summed E-state index contributed by atoms with van der Waals surface area (Å²) in [5.41, 5.74) is 0. The number of hydrogen-bond acceptors (Lipinski definition) is 6. The third-order valence-corrected chi connectivity index (χ3v) is 8.40. The molecule has 0 unspecified atom stereocenters. The lowest BCUT2D eigenvalue weighted by atomic mass is 10.3. The van der Waals surface area contributed by atoms with Crippen LogP contribution in [0.25, 0.3) is 0 Å². The molecule has 1 fully saturated rings. The maximum atomic E-state index is 12.6. The zero-order chi connectivity index (χ0) is 23.0. The van der Waals surface area contributed by atoms with Crippen molar-refractivity contribution in [1.82, 2.24) is 9.62 Å². The van der Waals surface area contributed by atoms with Crippen molar-refractivity contribution in [1.29, 1.82) is 0 Å². The number of sulfonamides is 1. The van der Waals surface area contributed by atoms with E-state index in [1.54, 1.807) is 24.3 Å². The van der Waals surface area contributed by atoms with Gasteiger partial charge < -0.3 is 14.8 Å². The van der Waals surface area contributed by atoms with Gasteiger partial charge in [0.05, 0.1) is 29.9 Å². The van der Waals surface area contributed by atoms with Gasteiger partial charge in [0.1, 0.15) is 12.4 Å². The van der Waals surface area contributed by atoms with Crippen LogP contribution in [0, 0.1) is 0 Å². The van der Waals surface area contributed by atoms with E-state index in [0.29, 0.717) is 50.0 Å². The normalized spacial score (nSPS) is 15.8. The van der Waals surface area contributed by atoms with Gasteiger partial charge in [0.25, 0.3) is 0 Å². The molecule has 1 heterocycles. The molecule has 2 aromatic carbocycles. The van der Waals surface area contributed by atoms with Gasteiger partial charge >= 0.3 is 0 Å². The molecule has 3 rings (SSSR count). The van der Waals surface area contributed by atoms with E-state index in [1.165, 1.54) is 28.2 Å². The molecule has 0 radical (unpaired) electrons. The van der Waals surface area contributed by atoms with Crippen LogP contribution in [0.1, 0.15) is 13.3 Å². The molecule has 1 aliphatic rings. The van der Waals surface area contributed by atoms with Crippen LogP contribution in [0.4, 0.5) is 0 Å². The van der Waals surface area contributed by atoms with Crippen LogP contribution in [0.5, 0.6) is 5.75 Å². The lowest BCUT2D eigenvalue weighted by Gasteiger charge is -2.26. The number of morpholine rings is 1. The topological polar surface area (TPSA) is 84.9 Å². The number of thioether (sulfide) groups is 1. The minimum Gasteiger partial charge on any atom is -0.492 e. The average Bonchev–Trinajstić information content (AvgIpc) is 2.82. The van der Waals surface area contributed by atoms with Crippen LogP contribution < -0.4 is 10.1 Å². The summed E-state index contributed by atoms with van der Waals surface area (Å²) in [6.45, 7) is 4.13. The molecule has 7 nitrogen and oxygen atoms in total. The van der Waals surface area contributed by atoms with Crippen molar-refractivity contribution in [2.24, 2.45) is 0 Å². The van der Waals surface area contributed by atoms with Crippen molar-refractivity contribution in [2.75, 3.05) is 39.5 Å². The Hall–Kier alpha value is -1.78. The predicted octanol–water partition coefficient (Wildman–Crippen LogP) is 3.43. The van der Waals surface area contributed by atoms with E-state index < -0.39 is 10.0 Å². The van der Waals surface area contributed by atoms with Crippen LogP contribution in [0.2, 0.25) is 5.02 Å². The number of nitrogens with one attached hydrogen (secondary N) is 1. The molecule has 1 amide bonds. The van der Waals surface area contributed by atoms with Gasteiger partial charge in [-0.2, -0.15) is 4.31 Å². The molecule has 1 atom stereocenters. The van der Waals surface area contributed by atoms with Crippen LogP contribution in [0.15, 0.2) is 58.3 Å². The highest BCUT2D eigenvalue weighted by molar-refractivity contribution is 8.00. The number of ether oxygens (including phenoxy) is 2. The van der Waals surface area contributed by atoms with Crippen LogP contribution in [-0.4, -0.2) is 63.3 Å². The first kappa shape index (κ1) is 24.9. The second-order valence-corrected chi connectivity index (χ2v) is 10.7. The largest absolute Gasteiger partial charge is 0.492 e. The first-order valence-electron chi connectivity index (χ1n) is 10.4. The Labute approximate surface area is 198 Å². The van der Waals surface area contributed by atoms with E-state index in [4.69, 9.17) is 21.1 Å². The van der Waals surface area contributed by atoms with Crippen molar-refractivity contribution in [3.05, 3.63) is 53.6 Å². The molecule has 1 N–H and O–H groups in total. The molecular formula is C22H27ClN2O5S2. The van der Waals surface area contributed by atoms with Gasteiger partial charge in [-0.15, -0.1) is 11.8 Å². The zero-order valence-corrected chi connectivity index (χ0v) is 20.2. The van der Waals surface area contributed by atoms with E-state index in [-0.39, 0.29) is 22.7 Å². The first-order chi connectivity index (χ1) is 15.4. The predicted molar refractivity (Wildman–Crippen MR) is 126 cm³/mol. The molecule has 0 aromatic heterocycles. The third-order valence-electron chi connectivity index (χ3n) is 4.86. The summed E-state index contributed by atoms with van der Waals surface area (Å²) >= 11 is 7.40. The molecular weight excluding hydrogens is 472 g/mol. The molecule has 0 spiro atoms. The van der Waals surface area contributed by atoms with Gasteiger partial charge in [-0.25, -0.2) is 8.42 Å². The molecule has 1 aliphatic heterocycles. The van der Waals surface area contributed by atoms with Crippen molar-refractivity contribution in [2.45, 2.75) is 28.4 Å². The van der Waals surface area contributed by atoms with E-state index in [9.17, 15) is 13.2 Å². The highest BCUT2D eigenvalue weighted by Gasteiger charge is 2.26. The monoisotopic (exact) mass is 498 g/mol. The number of carbonyl (C=O) groups excluding carboxylic acids is 1. The molecule has 0 saturated carbocycles. The van der Waals surface area contributed by atoms with E-state index in [2.05, 4.69) is 5.32 Å². The number of halogens is 1. The molecule has 1 saturated heterocycles. The number of amides is 1. The van der Waals surface area contributed by atoms with Gasteiger partial charge in [0, 0.05) is 23.0 Å². The molecule has 0 bridgehead atoms. The van der Waals surface area contributed by atoms with Crippen molar-refractivity contribution >= 4 is 39.3 Å². The van der Waals surface area contributed by atoms with Gasteiger partial charge in [0.15, 0.2) is 0 Å². The van der Waals surface area contributed by atoms with Gasteiger partial charge in [-0.3, -0.25) is 4.79 Å². The highest BCUT2D eigenvalue weighted by Crippen LogP contribution is 2.26. The second-order valence-electron chi connectivity index (χ2n) is 7.10. The Kier molecular flexibility index (Phi) is 9.24. The summed E-state index contributed by atoms with van der Waals surface area (Å²) < 4.78 is 37.6. The van der Waals surface area contributed by atoms with Crippen LogP contribution in [0.3, 0.4) is 0 Å². The smallest absolute Gasteiger partial charge is 0.243 e. The lowest BCUT2D eigenvalue weighted by Crippen LogP contribution is -2.40. The van der Waals surface area contributed by atoms with E-state index >= 15 is 0 Å². The number of hydrogen-bond donors (Lipinski definition) is 1. The summed E-state index contributed by atoms with van der Waals surface area (Å²) in [4.78, 5) is 13.7. The molecule has 10 heteroatoms. The fraction of sp³-hybridized carbons (Fsp3) is 0.409. The second kappa shape index (κ2) is 11.9. The summed E-state index contributed by atoms with van der Waals surface area (Å²) in [7, 11) is -3.52. The van der Waals surface area contributed by atoms with Gasteiger partial charge in [-0.1, -0.05) is 18.5 Å². The highest BCUT2D eigenvalue weighted by atomic mass is 35.5. The Morgan fingerprint density at radius 3 is 2.44 bits per heavy atom. The molecule has 2 aromatic rings. The van der Waals surface area contributed by atoms with Crippen LogP contribution in [-0.2, 0) is 19.6 Å². The standard InChI is InChI=1S/C22H27ClN2O5S2/c1-2-21(31-19-7-3-17(23)4-8-19)22(26)24-11-14-30-18-5-9-20(10-6-18)32(27,28)25-12-15-29-16-13-25/h3-10,21H,2,11-16H2,1H3,(H,24,26)/t21-/m0/s1. The van der Waals surface area contributed by atoms with Crippen LogP contribution >= 0.6 is 23.4 Å². The number of carbonyl (C=O) groups is 1. The van der Waals surface area contributed by atoms with Crippen molar-refractivity contribution in [3.8, 4) is 5.75 Å². The molecule has 0 aliphatic carbocycles. The summed E-state index contributed by atoms with van der Waals surface area (Å²) in [6, 6.07) is 13.7. The zero-order valence-electron chi connectivity index (χ0n) is 17.8. The Morgan fingerprint density at radius 2 is 1.81 bits per heavy atom.